The smallest absolute Gasteiger partial charge is 0.274 e. The molecule has 2 aliphatic rings. The van der Waals surface area contributed by atoms with Crippen LogP contribution in [0.4, 0.5) is 0 Å². The van der Waals surface area contributed by atoms with Crippen LogP contribution in [0.25, 0.3) is 0 Å². The molecule has 3 heterocycles. The zero-order valence-electron chi connectivity index (χ0n) is 14.5. The van der Waals surface area contributed by atoms with Crippen LogP contribution in [0, 0.1) is 0 Å². The summed E-state index contributed by atoms with van der Waals surface area (Å²) in [5.74, 6) is 0.839. The number of hydrogen-bond donors (Lipinski definition) is 1. The van der Waals surface area contributed by atoms with Crippen LogP contribution in [-0.2, 0) is 0 Å². The highest BCUT2D eigenvalue weighted by Crippen LogP contribution is 2.31. The van der Waals surface area contributed by atoms with Crippen molar-refractivity contribution in [1.29, 1.82) is 0 Å². The fourth-order valence-electron chi connectivity index (χ4n) is 3.10. The van der Waals surface area contributed by atoms with E-state index in [0.29, 0.717) is 56.5 Å². The Kier molecular flexibility index (Phi) is 4.49. The Bertz CT molecular complexity index is 913. The number of nitrogens with one attached hydrogen (secondary N) is 1. The average Bonchev–Trinajstić information content (AvgIpc) is 2.73. The second-order valence-electron chi connectivity index (χ2n) is 6.25. The topological polar surface area (TPSA) is 105 Å². The van der Waals surface area contributed by atoms with E-state index >= 15 is 0 Å². The molecule has 1 aromatic carbocycles. The fraction of sp³-hybridized carbons (Fsp3) is 0.333. The van der Waals surface area contributed by atoms with Crippen molar-refractivity contribution in [1.82, 2.24) is 20.0 Å². The van der Waals surface area contributed by atoms with Crippen LogP contribution in [0.15, 0.2) is 35.1 Å². The maximum atomic E-state index is 12.7. The van der Waals surface area contributed by atoms with Gasteiger partial charge in [-0.25, -0.2) is 5.10 Å². The van der Waals surface area contributed by atoms with Gasteiger partial charge in [0, 0.05) is 37.8 Å². The van der Waals surface area contributed by atoms with E-state index in [1.165, 1.54) is 12.1 Å². The van der Waals surface area contributed by atoms with E-state index < -0.39 is 0 Å². The SMILES string of the molecule is O=C(c1ccc2c(c1)OCCO2)N1CCN(C(=O)c2ccc(=O)[nH]n2)CC1. The number of H-pyrrole nitrogens is 1. The van der Waals surface area contributed by atoms with Gasteiger partial charge >= 0.3 is 0 Å². The maximum Gasteiger partial charge on any atom is 0.274 e. The minimum absolute atomic E-state index is 0.110. The van der Waals surface area contributed by atoms with Gasteiger partial charge in [0.25, 0.3) is 17.4 Å². The first-order valence-corrected chi connectivity index (χ1v) is 8.66. The van der Waals surface area contributed by atoms with Crippen LogP contribution in [-0.4, -0.2) is 71.2 Å². The molecule has 0 atom stereocenters. The Labute approximate surface area is 154 Å². The molecule has 0 saturated carbocycles. The van der Waals surface area contributed by atoms with Crippen molar-refractivity contribution in [3.8, 4) is 11.5 Å². The zero-order valence-corrected chi connectivity index (χ0v) is 14.5. The molecule has 1 aromatic heterocycles. The molecule has 9 heteroatoms. The summed E-state index contributed by atoms with van der Waals surface area (Å²) < 4.78 is 11.0. The third-order valence-electron chi connectivity index (χ3n) is 4.54. The number of fused-ring (bicyclic) bond motifs is 1. The Morgan fingerprint density at radius 3 is 2.22 bits per heavy atom. The Balaban J connectivity index is 1.40. The first-order chi connectivity index (χ1) is 13.1. The van der Waals surface area contributed by atoms with Gasteiger partial charge in [-0.15, -0.1) is 0 Å². The molecule has 2 aromatic rings. The number of carbonyl (C=O) groups excluding carboxylic acids is 2. The minimum Gasteiger partial charge on any atom is -0.486 e. The standard InChI is InChI=1S/C18H18N4O5/c23-16-4-2-13(19-20-16)18(25)22-7-5-21(6-8-22)17(24)12-1-3-14-15(11-12)27-10-9-26-14/h1-4,11H,5-10H2,(H,20,23). The predicted octanol–water partition coefficient (Wildman–Crippen LogP) is 0.139. The van der Waals surface area contributed by atoms with E-state index in [-0.39, 0.29) is 23.1 Å². The van der Waals surface area contributed by atoms with Gasteiger partial charge in [-0.2, -0.15) is 5.10 Å². The lowest BCUT2D eigenvalue weighted by molar-refractivity contribution is 0.0531. The van der Waals surface area contributed by atoms with Gasteiger partial charge in [-0.3, -0.25) is 14.4 Å². The maximum absolute atomic E-state index is 12.7. The van der Waals surface area contributed by atoms with Crippen LogP contribution in [0.5, 0.6) is 11.5 Å². The number of carbonyl (C=O) groups is 2. The van der Waals surface area contributed by atoms with E-state index in [9.17, 15) is 14.4 Å². The molecule has 0 spiro atoms. The van der Waals surface area contributed by atoms with Crippen molar-refractivity contribution < 1.29 is 19.1 Å². The molecule has 0 radical (unpaired) electrons. The molecular formula is C18H18N4O5. The lowest BCUT2D eigenvalue weighted by Crippen LogP contribution is -2.50. The highest BCUT2D eigenvalue weighted by atomic mass is 16.6. The number of aromatic nitrogens is 2. The molecule has 27 heavy (non-hydrogen) atoms. The highest BCUT2D eigenvalue weighted by Gasteiger charge is 2.27. The summed E-state index contributed by atoms with van der Waals surface area (Å²) >= 11 is 0. The number of piperazine rings is 1. The van der Waals surface area contributed by atoms with E-state index in [4.69, 9.17) is 9.47 Å². The van der Waals surface area contributed by atoms with Crippen LogP contribution >= 0.6 is 0 Å². The molecule has 0 unspecified atom stereocenters. The van der Waals surface area contributed by atoms with Crippen molar-refractivity contribution in [2.75, 3.05) is 39.4 Å². The van der Waals surface area contributed by atoms with Crippen molar-refractivity contribution in [3.63, 3.8) is 0 Å². The average molecular weight is 370 g/mol. The molecule has 1 saturated heterocycles. The Hall–Kier alpha value is -3.36. The largest absolute Gasteiger partial charge is 0.486 e. The van der Waals surface area contributed by atoms with Gasteiger partial charge in [0.1, 0.15) is 18.9 Å². The van der Waals surface area contributed by atoms with Crippen molar-refractivity contribution in [2.45, 2.75) is 0 Å². The van der Waals surface area contributed by atoms with Crippen molar-refractivity contribution >= 4 is 11.8 Å². The second kappa shape index (κ2) is 7.10. The first-order valence-electron chi connectivity index (χ1n) is 8.66. The zero-order chi connectivity index (χ0) is 18.8. The molecule has 0 bridgehead atoms. The first kappa shape index (κ1) is 17.1. The molecule has 2 amide bonds. The molecule has 9 nitrogen and oxygen atoms in total. The molecular weight excluding hydrogens is 352 g/mol. The summed E-state index contributed by atoms with van der Waals surface area (Å²) in [6, 6.07) is 7.81. The summed E-state index contributed by atoms with van der Waals surface area (Å²) in [6.07, 6.45) is 0. The van der Waals surface area contributed by atoms with Gasteiger partial charge in [-0.1, -0.05) is 0 Å². The molecule has 1 fully saturated rings. The van der Waals surface area contributed by atoms with E-state index in [0.717, 1.165) is 0 Å². The summed E-state index contributed by atoms with van der Waals surface area (Å²) in [5, 5.41) is 6.01. The molecule has 0 aliphatic carbocycles. The van der Waals surface area contributed by atoms with E-state index in [1.54, 1.807) is 28.0 Å². The van der Waals surface area contributed by atoms with Gasteiger partial charge in [0.15, 0.2) is 11.5 Å². The van der Waals surface area contributed by atoms with Crippen LogP contribution in [0.3, 0.4) is 0 Å². The molecule has 1 N–H and O–H groups in total. The van der Waals surface area contributed by atoms with Crippen LogP contribution in [0.1, 0.15) is 20.8 Å². The number of amides is 2. The number of aromatic amines is 1. The molecule has 2 aliphatic heterocycles. The predicted molar refractivity (Wildman–Crippen MR) is 94.1 cm³/mol. The minimum atomic E-state index is -0.360. The summed E-state index contributed by atoms with van der Waals surface area (Å²) in [5.41, 5.74) is 0.351. The quantitative estimate of drug-likeness (QED) is 0.806. The Morgan fingerprint density at radius 1 is 0.889 bits per heavy atom. The van der Waals surface area contributed by atoms with Gasteiger partial charge in [0.05, 0.1) is 0 Å². The monoisotopic (exact) mass is 370 g/mol. The van der Waals surface area contributed by atoms with Crippen molar-refractivity contribution in [2.24, 2.45) is 0 Å². The van der Waals surface area contributed by atoms with Crippen molar-refractivity contribution in [3.05, 3.63) is 51.9 Å². The summed E-state index contributed by atoms with van der Waals surface area (Å²) in [4.78, 5) is 39.6. The lowest BCUT2D eigenvalue weighted by atomic mass is 10.1. The number of nitrogens with zero attached hydrogens (tertiary/aromatic N) is 3. The number of rotatable bonds is 2. The normalized spacial score (nSPS) is 16.1. The number of benzene rings is 1. The lowest BCUT2D eigenvalue weighted by Gasteiger charge is -2.34. The second-order valence-corrected chi connectivity index (χ2v) is 6.25. The third-order valence-corrected chi connectivity index (χ3v) is 4.54. The fourth-order valence-corrected chi connectivity index (χ4v) is 3.10. The molecule has 4 rings (SSSR count). The van der Waals surface area contributed by atoms with Gasteiger partial charge in [0.2, 0.25) is 0 Å². The summed E-state index contributed by atoms with van der Waals surface area (Å²) in [6.45, 7) is 2.60. The number of ether oxygens (including phenoxy) is 2. The van der Waals surface area contributed by atoms with E-state index in [1.807, 2.05) is 0 Å². The summed E-state index contributed by atoms with van der Waals surface area (Å²) in [7, 11) is 0. The Morgan fingerprint density at radius 2 is 1.56 bits per heavy atom. The molecule has 140 valence electrons. The highest BCUT2D eigenvalue weighted by molar-refractivity contribution is 5.95. The van der Waals surface area contributed by atoms with E-state index in [2.05, 4.69) is 10.2 Å². The number of hydrogen-bond acceptors (Lipinski definition) is 6. The van der Waals surface area contributed by atoms with Crippen LogP contribution in [0.2, 0.25) is 0 Å². The van der Waals surface area contributed by atoms with Crippen LogP contribution < -0.4 is 15.0 Å². The van der Waals surface area contributed by atoms with Gasteiger partial charge < -0.3 is 19.3 Å². The third kappa shape index (κ3) is 3.48. The van der Waals surface area contributed by atoms with Gasteiger partial charge in [-0.05, 0) is 24.3 Å².